The van der Waals surface area contributed by atoms with E-state index in [2.05, 4.69) is 25.9 Å². The van der Waals surface area contributed by atoms with E-state index in [-0.39, 0.29) is 5.84 Å². The molecule has 1 aromatic heterocycles. The first-order chi connectivity index (χ1) is 5.74. The predicted octanol–water partition coefficient (Wildman–Crippen LogP) is 1.16. The lowest BCUT2D eigenvalue weighted by Gasteiger charge is -1.97. The fraction of sp³-hybridized carbons (Fsp3) is 0. The molecule has 62 valence electrons. The van der Waals surface area contributed by atoms with Crippen molar-refractivity contribution in [2.24, 2.45) is 10.7 Å². The molecule has 0 atom stereocenters. The van der Waals surface area contributed by atoms with Crippen molar-refractivity contribution in [2.75, 3.05) is 0 Å². The SMILES string of the molecule is N=CN=C(N)c1cccc(Br)n1. The number of halogens is 1. The molecule has 0 radical (unpaired) electrons. The van der Waals surface area contributed by atoms with Gasteiger partial charge < -0.3 is 5.73 Å². The van der Waals surface area contributed by atoms with Crippen LogP contribution < -0.4 is 5.73 Å². The van der Waals surface area contributed by atoms with Crippen LogP contribution in [0.15, 0.2) is 27.8 Å². The van der Waals surface area contributed by atoms with Crippen LogP contribution in [0, 0.1) is 5.41 Å². The van der Waals surface area contributed by atoms with E-state index in [1.165, 1.54) is 0 Å². The normalized spacial score (nSPS) is 11.2. The van der Waals surface area contributed by atoms with E-state index in [1.807, 2.05) is 0 Å². The Morgan fingerprint density at radius 2 is 2.42 bits per heavy atom. The van der Waals surface area contributed by atoms with E-state index in [4.69, 9.17) is 11.1 Å². The monoisotopic (exact) mass is 226 g/mol. The molecule has 5 heteroatoms. The van der Waals surface area contributed by atoms with Gasteiger partial charge in [-0.2, -0.15) is 0 Å². The smallest absolute Gasteiger partial charge is 0.151 e. The first-order valence-corrected chi connectivity index (χ1v) is 3.98. The van der Waals surface area contributed by atoms with Gasteiger partial charge in [0.05, 0.1) is 0 Å². The van der Waals surface area contributed by atoms with Gasteiger partial charge in [-0.05, 0) is 28.1 Å². The first kappa shape index (κ1) is 8.86. The number of amidine groups is 1. The highest BCUT2D eigenvalue weighted by atomic mass is 79.9. The number of nitrogens with one attached hydrogen (secondary N) is 1. The zero-order chi connectivity index (χ0) is 8.97. The molecule has 0 aliphatic heterocycles. The number of pyridine rings is 1. The van der Waals surface area contributed by atoms with Crippen LogP contribution in [0.2, 0.25) is 0 Å². The first-order valence-electron chi connectivity index (χ1n) is 3.19. The van der Waals surface area contributed by atoms with Gasteiger partial charge in [0.2, 0.25) is 0 Å². The van der Waals surface area contributed by atoms with Gasteiger partial charge in [0.1, 0.15) is 16.6 Å². The average molecular weight is 227 g/mol. The van der Waals surface area contributed by atoms with Gasteiger partial charge in [-0.1, -0.05) is 6.07 Å². The average Bonchev–Trinajstić information content (AvgIpc) is 2.05. The van der Waals surface area contributed by atoms with E-state index in [1.54, 1.807) is 18.2 Å². The van der Waals surface area contributed by atoms with Crippen LogP contribution in [0.3, 0.4) is 0 Å². The summed E-state index contributed by atoms with van der Waals surface area (Å²) in [7, 11) is 0. The maximum atomic E-state index is 6.70. The Morgan fingerprint density at radius 1 is 1.67 bits per heavy atom. The van der Waals surface area contributed by atoms with Crippen molar-refractivity contribution in [1.29, 1.82) is 5.41 Å². The number of aromatic nitrogens is 1. The lowest BCUT2D eigenvalue weighted by atomic mass is 10.3. The minimum atomic E-state index is 0.242. The summed E-state index contributed by atoms with van der Waals surface area (Å²) in [4.78, 5) is 7.64. The van der Waals surface area contributed by atoms with Crippen molar-refractivity contribution < 1.29 is 0 Å². The molecule has 0 saturated heterocycles. The summed E-state index contributed by atoms with van der Waals surface area (Å²) in [5.74, 6) is 0.242. The standard InChI is InChI=1S/C7H7BrN4/c8-6-3-1-2-5(12-6)7(10)11-4-9/h1-4H,(H3,9,10,11). The summed E-state index contributed by atoms with van der Waals surface area (Å²) >= 11 is 3.20. The third-order valence-electron chi connectivity index (χ3n) is 1.18. The van der Waals surface area contributed by atoms with Gasteiger partial charge in [0.15, 0.2) is 5.84 Å². The topological polar surface area (TPSA) is 75.1 Å². The number of hydrogen-bond acceptors (Lipinski definition) is 2. The molecule has 12 heavy (non-hydrogen) atoms. The third kappa shape index (κ3) is 2.13. The van der Waals surface area contributed by atoms with Crippen molar-refractivity contribution in [2.45, 2.75) is 0 Å². The number of rotatable bonds is 2. The lowest BCUT2D eigenvalue weighted by molar-refractivity contribution is 1.23. The summed E-state index contributed by atoms with van der Waals surface area (Å²) in [5.41, 5.74) is 6.05. The molecule has 0 fully saturated rings. The minimum absolute atomic E-state index is 0.242. The largest absolute Gasteiger partial charge is 0.382 e. The van der Waals surface area contributed by atoms with Gasteiger partial charge in [-0.15, -0.1) is 0 Å². The molecule has 0 spiro atoms. The molecule has 0 amide bonds. The Hall–Kier alpha value is -1.23. The Labute approximate surface area is 78.2 Å². The Balaban J connectivity index is 3.03. The van der Waals surface area contributed by atoms with Crippen molar-refractivity contribution in [1.82, 2.24) is 4.98 Å². The molecule has 0 unspecified atom stereocenters. The second-order valence-electron chi connectivity index (χ2n) is 1.99. The van der Waals surface area contributed by atoms with Crippen molar-refractivity contribution >= 4 is 28.1 Å². The molecule has 0 aromatic carbocycles. The summed E-state index contributed by atoms with van der Waals surface area (Å²) in [6.07, 6.45) is 0.887. The molecule has 0 aliphatic rings. The zero-order valence-corrected chi connectivity index (χ0v) is 7.75. The van der Waals surface area contributed by atoms with E-state index in [0.717, 1.165) is 6.34 Å². The van der Waals surface area contributed by atoms with Crippen LogP contribution >= 0.6 is 15.9 Å². The minimum Gasteiger partial charge on any atom is -0.382 e. The third-order valence-corrected chi connectivity index (χ3v) is 1.62. The number of nitrogens with zero attached hydrogens (tertiary/aromatic N) is 2. The van der Waals surface area contributed by atoms with E-state index >= 15 is 0 Å². The summed E-state index contributed by atoms with van der Waals surface area (Å²) in [6.45, 7) is 0. The Morgan fingerprint density at radius 3 is 3.00 bits per heavy atom. The van der Waals surface area contributed by atoms with E-state index in [9.17, 15) is 0 Å². The van der Waals surface area contributed by atoms with Crippen LogP contribution in [-0.4, -0.2) is 17.2 Å². The molecule has 0 aliphatic carbocycles. The molecular weight excluding hydrogens is 220 g/mol. The number of nitrogens with two attached hydrogens (primary N) is 1. The van der Waals surface area contributed by atoms with Crippen molar-refractivity contribution in [3.63, 3.8) is 0 Å². The highest BCUT2D eigenvalue weighted by Gasteiger charge is 1.98. The van der Waals surface area contributed by atoms with E-state index in [0.29, 0.717) is 10.3 Å². The molecule has 1 aromatic rings. The fourth-order valence-electron chi connectivity index (χ4n) is 0.687. The maximum Gasteiger partial charge on any atom is 0.151 e. The van der Waals surface area contributed by atoms with Crippen LogP contribution in [0.1, 0.15) is 5.69 Å². The Kier molecular flexibility index (Phi) is 2.93. The van der Waals surface area contributed by atoms with Gasteiger partial charge in [0.25, 0.3) is 0 Å². The summed E-state index contributed by atoms with van der Waals surface area (Å²) in [6, 6.07) is 5.33. The number of hydrogen-bond donors (Lipinski definition) is 2. The molecular formula is C7H7BrN4. The van der Waals surface area contributed by atoms with Crippen molar-refractivity contribution in [3.05, 3.63) is 28.5 Å². The molecule has 1 heterocycles. The summed E-state index contributed by atoms with van der Waals surface area (Å²) in [5, 5.41) is 6.70. The van der Waals surface area contributed by atoms with E-state index < -0.39 is 0 Å². The second kappa shape index (κ2) is 3.96. The Bertz CT molecular complexity index is 321. The van der Waals surface area contributed by atoms with Crippen LogP contribution in [0.5, 0.6) is 0 Å². The maximum absolute atomic E-state index is 6.70. The zero-order valence-electron chi connectivity index (χ0n) is 6.16. The van der Waals surface area contributed by atoms with Crippen molar-refractivity contribution in [3.8, 4) is 0 Å². The summed E-state index contributed by atoms with van der Waals surface area (Å²) < 4.78 is 0.697. The van der Waals surface area contributed by atoms with Crippen LogP contribution in [0.25, 0.3) is 0 Å². The molecule has 4 nitrogen and oxygen atoms in total. The molecule has 0 saturated carbocycles. The number of aliphatic imine (C=N–C) groups is 1. The van der Waals surface area contributed by atoms with Gasteiger partial charge in [-0.25, -0.2) is 9.98 Å². The van der Waals surface area contributed by atoms with Crippen LogP contribution in [0.4, 0.5) is 0 Å². The lowest BCUT2D eigenvalue weighted by Crippen LogP contribution is -2.15. The molecule has 0 bridgehead atoms. The fourth-order valence-corrected chi connectivity index (χ4v) is 1.03. The van der Waals surface area contributed by atoms with Gasteiger partial charge in [0, 0.05) is 0 Å². The second-order valence-corrected chi connectivity index (χ2v) is 2.80. The quantitative estimate of drug-likeness (QED) is 0.451. The molecule has 1 rings (SSSR count). The van der Waals surface area contributed by atoms with Gasteiger partial charge >= 0.3 is 0 Å². The highest BCUT2D eigenvalue weighted by Crippen LogP contribution is 2.05. The van der Waals surface area contributed by atoms with Gasteiger partial charge in [-0.3, -0.25) is 5.41 Å². The highest BCUT2D eigenvalue weighted by molar-refractivity contribution is 9.10. The molecule has 3 N–H and O–H groups in total. The van der Waals surface area contributed by atoms with Crippen LogP contribution in [-0.2, 0) is 0 Å². The predicted molar refractivity (Wildman–Crippen MR) is 51.4 cm³/mol.